The van der Waals surface area contributed by atoms with Crippen LogP contribution in [0.5, 0.6) is 17.2 Å². The number of amides is 1. The van der Waals surface area contributed by atoms with Crippen molar-refractivity contribution in [3.8, 4) is 17.2 Å². The van der Waals surface area contributed by atoms with E-state index in [4.69, 9.17) is 10.5 Å². The molecule has 0 spiro atoms. The zero-order valence-corrected chi connectivity index (χ0v) is 13.0. The molecule has 1 atom stereocenters. The lowest BCUT2D eigenvalue weighted by Gasteiger charge is -2.13. The summed E-state index contributed by atoms with van der Waals surface area (Å²) in [7, 11) is 0. The Morgan fingerprint density at radius 3 is 2.46 bits per heavy atom. The molecule has 0 aliphatic rings. The first kappa shape index (κ1) is 17.6. The van der Waals surface area contributed by atoms with Gasteiger partial charge in [-0.15, -0.1) is 0 Å². The fraction of sp³-hybridized carbons (Fsp3) is 0.235. The lowest BCUT2D eigenvalue weighted by molar-refractivity contribution is 0.1000. The van der Waals surface area contributed by atoms with Crippen molar-refractivity contribution in [1.82, 2.24) is 5.32 Å². The van der Waals surface area contributed by atoms with E-state index < -0.39 is 12.0 Å². The Morgan fingerprint density at radius 2 is 1.83 bits per heavy atom. The van der Waals surface area contributed by atoms with Crippen LogP contribution in [0.3, 0.4) is 0 Å². The maximum Gasteiger partial charge on any atom is 0.248 e. The first-order valence-corrected chi connectivity index (χ1v) is 7.40. The van der Waals surface area contributed by atoms with Crippen LogP contribution in [0.4, 0.5) is 0 Å². The van der Waals surface area contributed by atoms with Crippen molar-refractivity contribution >= 4 is 5.91 Å². The fourth-order valence-electron chi connectivity index (χ4n) is 2.06. The second kappa shape index (κ2) is 8.19. The first-order valence-electron chi connectivity index (χ1n) is 7.40. The molecule has 7 heteroatoms. The molecule has 0 heterocycles. The molecular weight excluding hydrogens is 312 g/mol. The van der Waals surface area contributed by atoms with Crippen molar-refractivity contribution in [3.05, 3.63) is 53.6 Å². The van der Waals surface area contributed by atoms with E-state index in [-0.39, 0.29) is 18.0 Å². The van der Waals surface area contributed by atoms with Crippen molar-refractivity contribution in [2.75, 3.05) is 19.7 Å². The van der Waals surface area contributed by atoms with Crippen LogP contribution in [-0.4, -0.2) is 40.9 Å². The Labute approximate surface area is 139 Å². The van der Waals surface area contributed by atoms with E-state index in [1.807, 2.05) is 0 Å². The number of nitrogens with two attached hydrogens (primary N) is 1. The number of aliphatic hydroxyl groups is 1. The standard InChI is InChI=1S/C17H20N2O5/c18-17(23)11-1-4-13(5-2-11)24-8-7-19-10-16(22)12-3-6-14(20)15(21)9-12/h1-6,9,16,19-22H,7-8,10H2,(H2,18,23). The van der Waals surface area contributed by atoms with Crippen LogP contribution in [0.15, 0.2) is 42.5 Å². The van der Waals surface area contributed by atoms with Gasteiger partial charge in [0.05, 0.1) is 6.10 Å². The number of phenolic OH excluding ortho intramolecular Hbond substituents is 2. The van der Waals surface area contributed by atoms with Gasteiger partial charge in [0, 0.05) is 18.7 Å². The van der Waals surface area contributed by atoms with E-state index in [9.17, 15) is 20.1 Å². The molecule has 0 aliphatic heterocycles. The van der Waals surface area contributed by atoms with Gasteiger partial charge in [0.1, 0.15) is 12.4 Å². The first-order chi connectivity index (χ1) is 11.5. The number of rotatable bonds is 8. The number of primary amides is 1. The van der Waals surface area contributed by atoms with Crippen molar-refractivity contribution < 1.29 is 24.9 Å². The Hall–Kier alpha value is -2.77. The summed E-state index contributed by atoms with van der Waals surface area (Å²) < 4.78 is 5.49. The molecule has 0 bridgehead atoms. The normalized spacial score (nSPS) is 11.9. The van der Waals surface area contributed by atoms with Gasteiger partial charge in [0.15, 0.2) is 11.5 Å². The molecule has 128 valence electrons. The molecule has 0 saturated heterocycles. The molecule has 7 nitrogen and oxygen atoms in total. The van der Waals surface area contributed by atoms with Gasteiger partial charge in [-0.05, 0) is 42.0 Å². The molecule has 0 fully saturated rings. The van der Waals surface area contributed by atoms with Crippen LogP contribution >= 0.6 is 0 Å². The van der Waals surface area contributed by atoms with Crippen LogP contribution in [0.2, 0.25) is 0 Å². The third-order valence-electron chi connectivity index (χ3n) is 3.41. The Kier molecular flexibility index (Phi) is 6.00. The highest BCUT2D eigenvalue weighted by Gasteiger charge is 2.09. The molecule has 1 amide bonds. The van der Waals surface area contributed by atoms with Crippen molar-refractivity contribution in [2.45, 2.75) is 6.10 Å². The van der Waals surface area contributed by atoms with Crippen LogP contribution in [0.1, 0.15) is 22.0 Å². The van der Waals surface area contributed by atoms with Crippen LogP contribution < -0.4 is 15.8 Å². The SMILES string of the molecule is NC(=O)c1ccc(OCCNCC(O)c2ccc(O)c(O)c2)cc1. The summed E-state index contributed by atoms with van der Waals surface area (Å²) in [6.07, 6.45) is -0.814. The molecule has 0 radical (unpaired) electrons. The largest absolute Gasteiger partial charge is 0.504 e. The van der Waals surface area contributed by atoms with Gasteiger partial charge in [-0.3, -0.25) is 4.79 Å². The van der Waals surface area contributed by atoms with Gasteiger partial charge < -0.3 is 31.1 Å². The van der Waals surface area contributed by atoms with Crippen molar-refractivity contribution in [2.24, 2.45) is 5.73 Å². The summed E-state index contributed by atoms with van der Waals surface area (Å²) in [5.41, 5.74) is 6.07. The maximum atomic E-state index is 11.0. The van der Waals surface area contributed by atoms with Crippen molar-refractivity contribution in [3.63, 3.8) is 0 Å². The smallest absolute Gasteiger partial charge is 0.248 e. The zero-order chi connectivity index (χ0) is 17.5. The molecule has 24 heavy (non-hydrogen) atoms. The third kappa shape index (κ3) is 4.87. The summed E-state index contributed by atoms with van der Waals surface area (Å²) in [5.74, 6) is -0.368. The molecule has 0 aromatic heterocycles. The Balaban J connectivity index is 1.70. The predicted octanol–water partition coefficient (Wildman–Crippen LogP) is 0.899. The lowest BCUT2D eigenvalue weighted by Crippen LogP contribution is -2.26. The summed E-state index contributed by atoms with van der Waals surface area (Å²) in [4.78, 5) is 11.0. The molecule has 2 rings (SSSR count). The fourth-order valence-corrected chi connectivity index (χ4v) is 2.06. The van der Waals surface area contributed by atoms with E-state index >= 15 is 0 Å². The minimum Gasteiger partial charge on any atom is -0.504 e. The average molecular weight is 332 g/mol. The molecule has 2 aromatic rings. The molecular formula is C17H20N2O5. The van der Waals surface area contributed by atoms with E-state index in [2.05, 4.69) is 5.32 Å². The quantitative estimate of drug-likeness (QED) is 0.361. The summed E-state index contributed by atoms with van der Waals surface area (Å²) >= 11 is 0. The van der Waals surface area contributed by atoms with Gasteiger partial charge in [0.25, 0.3) is 0 Å². The van der Waals surface area contributed by atoms with Crippen molar-refractivity contribution in [1.29, 1.82) is 0 Å². The Morgan fingerprint density at radius 1 is 1.12 bits per heavy atom. The van der Waals surface area contributed by atoms with Gasteiger partial charge in [-0.1, -0.05) is 6.07 Å². The molecule has 1 unspecified atom stereocenters. The van der Waals surface area contributed by atoms with E-state index in [1.54, 1.807) is 24.3 Å². The second-order valence-electron chi connectivity index (χ2n) is 5.21. The topological polar surface area (TPSA) is 125 Å². The number of phenols is 2. The van der Waals surface area contributed by atoms with Gasteiger partial charge >= 0.3 is 0 Å². The number of ether oxygens (including phenoxy) is 1. The zero-order valence-electron chi connectivity index (χ0n) is 13.0. The monoisotopic (exact) mass is 332 g/mol. The van der Waals surface area contributed by atoms with E-state index in [1.165, 1.54) is 18.2 Å². The van der Waals surface area contributed by atoms with Gasteiger partial charge in [-0.25, -0.2) is 0 Å². The number of benzene rings is 2. The number of nitrogens with one attached hydrogen (secondary N) is 1. The maximum absolute atomic E-state index is 11.0. The predicted molar refractivity (Wildman–Crippen MR) is 88.1 cm³/mol. The van der Waals surface area contributed by atoms with Gasteiger partial charge in [0.2, 0.25) is 5.91 Å². The summed E-state index contributed by atoms with van der Waals surface area (Å²) in [5, 5.41) is 31.7. The van der Waals surface area contributed by atoms with Crippen LogP contribution in [0.25, 0.3) is 0 Å². The summed E-state index contributed by atoms with van der Waals surface area (Å²) in [6.45, 7) is 1.15. The molecule has 2 aromatic carbocycles. The van der Waals surface area contributed by atoms with Crippen LogP contribution in [-0.2, 0) is 0 Å². The number of hydrogen-bond acceptors (Lipinski definition) is 6. The molecule has 6 N–H and O–H groups in total. The molecule has 0 saturated carbocycles. The highest BCUT2D eigenvalue weighted by molar-refractivity contribution is 5.92. The number of aromatic hydroxyl groups is 2. The number of carbonyl (C=O) groups excluding carboxylic acids is 1. The van der Waals surface area contributed by atoms with Crippen LogP contribution in [0, 0.1) is 0 Å². The Bertz CT molecular complexity index is 688. The second-order valence-corrected chi connectivity index (χ2v) is 5.21. The van der Waals surface area contributed by atoms with E-state index in [0.717, 1.165) is 0 Å². The average Bonchev–Trinajstić information content (AvgIpc) is 2.57. The van der Waals surface area contributed by atoms with E-state index in [0.29, 0.717) is 30.0 Å². The number of aliphatic hydroxyl groups excluding tert-OH is 1. The number of hydrogen-bond donors (Lipinski definition) is 5. The third-order valence-corrected chi connectivity index (χ3v) is 3.41. The van der Waals surface area contributed by atoms with Gasteiger partial charge in [-0.2, -0.15) is 0 Å². The number of carbonyl (C=O) groups is 1. The minimum atomic E-state index is -0.814. The highest BCUT2D eigenvalue weighted by atomic mass is 16.5. The highest BCUT2D eigenvalue weighted by Crippen LogP contribution is 2.27. The lowest BCUT2D eigenvalue weighted by atomic mass is 10.1. The minimum absolute atomic E-state index is 0.227. The molecule has 0 aliphatic carbocycles. The summed E-state index contributed by atoms with van der Waals surface area (Å²) in [6, 6.07) is 10.7.